The summed E-state index contributed by atoms with van der Waals surface area (Å²) in [5, 5.41) is 14.3. The first kappa shape index (κ1) is 29.0. The molecular formula is C21H34N6O6S. The number of aldehydes is 1. The summed E-state index contributed by atoms with van der Waals surface area (Å²) < 4.78 is 26.8. The first-order valence-corrected chi connectivity index (χ1v) is 12.5. The number of nitrogens with one attached hydrogen (secondary N) is 3. The average Bonchev–Trinajstić information content (AvgIpc) is 2.79. The van der Waals surface area contributed by atoms with E-state index >= 15 is 0 Å². The van der Waals surface area contributed by atoms with Crippen LogP contribution in [0.4, 0.5) is 0 Å². The fourth-order valence-corrected chi connectivity index (χ4v) is 4.20. The number of nitrogens with zero attached hydrogens (tertiary/aromatic N) is 1. The molecule has 0 saturated carbocycles. The highest BCUT2D eigenvalue weighted by Crippen LogP contribution is 2.04. The largest absolute Gasteiger partial charge is 0.394 e. The lowest BCUT2D eigenvalue weighted by Gasteiger charge is -2.21. The van der Waals surface area contributed by atoms with Crippen molar-refractivity contribution >= 4 is 34.1 Å². The number of sulfonamides is 1. The number of aliphatic imine (C=N–C) groups is 1. The van der Waals surface area contributed by atoms with Gasteiger partial charge >= 0.3 is 0 Å². The lowest BCUT2D eigenvalue weighted by atomic mass is 10.1. The van der Waals surface area contributed by atoms with Gasteiger partial charge in [0.05, 0.1) is 18.4 Å². The third kappa shape index (κ3) is 11.7. The maximum absolute atomic E-state index is 12.4. The molecule has 0 aliphatic rings. The Kier molecular flexibility index (Phi) is 12.8. The zero-order valence-corrected chi connectivity index (χ0v) is 20.0. The summed E-state index contributed by atoms with van der Waals surface area (Å²) in [6.07, 6.45) is 2.16. The van der Waals surface area contributed by atoms with Gasteiger partial charge in [0.1, 0.15) is 18.4 Å². The Morgan fingerprint density at radius 3 is 2.38 bits per heavy atom. The topological polar surface area (TPSA) is 206 Å². The van der Waals surface area contributed by atoms with E-state index in [2.05, 4.69) is 20.3 Å². The molecule has 13 heteroatoms. The van der Waals surface area contributed by atoms with Crippen LogP contribution in [0.2, 0.25) is 0 Å². The van der Waals surface area contributed by atoms with Gasteiger partial charge in [-0.3, -0.25) is 14.6 Å². The summed E-state index contributed by atoms with van der Waals surface area (Å²) in [7, 11) is -3.85. The van der Waals surface area contributed by atoms with Gasteiger partial charge in [0.15, 0.2) is 5.96 Å². The molecule has 0 fully saturated rings. The number of aliphatic hydroxyl groups excluding tert-OH is 1. The number of aliphatic hydroxyl groups is 1. The fraction of sp³-hybridized carbons (Fsp3) is 0.524. The van der Waals surface area contributed by atoms with Gasteiger partial charge in [-0.1, -0.05) is 30.3 Å². The molecule has 1 aromatic rings. The Labute approximate surface area is 199 Å². The molecule has 12 nitrogen and oxygen atoms in total. The van der Waals surface area contributed by atoms with Crippen LogP contribution in [0.5, 0.6) is 0 Å². The zero-order chi connectivity index (χ0) is 25.6. The number of aryl methyl sites for hydroxylation is 1. The van der Waals surface area contributed by atoms with E-state index in [1.54, 1.807) is 0 Å². The van der Waals surface area contributed by atoms with Crippen molar-refractivity contribution in [1.29, 1.82) is 0 Å². The van der Waals surface area contributed by atoms with Crippen LogP contribution >= 0.6 is 0 Å². The van der Waals surface area contributed by atoms with Crippen LogP contribution in [0.25, 0.3) is 0 Å². The maximum Gasteiger partial charge on any atom is 0.242 e. The van der Waals surface area contributed by atoms with Crippen molar-refractivity contribution in [2.45, 2.75) is 50.7 Å². The van der Waals surface area contributed by atoms with Crippen LogP contribution in [-0.4, -0.2) is 74.6 Å². The van der Waals surface area contributed by atoms with Crippen molar-refractivity contribution in [3.8, 4) is 0 Å². The van der Waals surface area contributed by atoms with Crippen LogP contribution < -0.4 is 26.8 Å². The number of amides is 2. The lowest BCUT2D eigenvalue weighted by Crippen LogP contribution is -2.55. The summed E-state index contributed by atoms with van der Waals surface area (Å²) in [5.74, 6) is -1.82. The second-order valence-electron chi connectivity index (χ2n) is 7.69. The second kappa shape index (κ2) is 15.0. The third-order valence-corrected chi connectivity index (χ3v) is 6.22. The molecule has 0 heterocycles. The zero-order valence-electron chi connectivity index (χ0n) is 19.1. The molecule has 1 rings (SSSR count). The number of hydrogen-bond acceptors (Lipinski definition) is 7. The molecule has 34 heavy (non-hydrogen) atoms. The van der Waals surface area contributed by atoms with E-state index in [-0.39, 0.29) is 18.1 Å². The normalized spacial score (nSPS) is 13.8. The van der Waals surface area contributed by atoms with E-state index in [1.807, 2.05) is 30.3 Å². The van der Waals surface area contributed by atoms with Crippen LogP contribution in [0.3, 0.4) is 0 Å². The van der Waals surface area contributed by atoms with E-state index in [0.29, 0.717) is 32.1 Å². The van der Waals surface area contributed by atoms with E-state index in [4.69, 9.17) is 11.5 Å². The van der Waals surface area contributed by atoms with Gasteiger partial charge in [-0.15, -0.1) is 0 Å². The van der Waals surface area contributed by atoms with Crippen LogP contribution in [0, 0.1) is 0 Å². The first-order chi connectivity index (χ1) is 16.1. The number of benzene rings is 1. The SMILES string of the molecule is C[C@H](NC(=O)[C@@H](CO)NS(=O)(=O)CCCc1ccccc1)C(=O)N[C@H](C=O)CCCN=C(N)N. The Bertz CT molecular complexity index is 921. The van der Waals surface area contributed by atoms with E-state index in [9.17, 15) is 27.9 Å². The van der Waals surface area contributed by atoms with Crippen molar-refractivity contribution in [3.05, 3.63) is 35.9 Å². The minimum absolute atomic E-state index is 0.0757. The maximum atomic E-state index is 12.4. The van der Waals surface area contributed by atoms with E-state index in [0.717, 1.165) is 5.56 Å². The molecule has 8 N–H and O–H groups in total. The monoisotopic (exact) mass is 498 g/mol. The standard InChI is InChI=1S/C21H34N6O6S/c1-15(19(30)26-17(13-28)10-5-11-24-21(22)23)25-20(31)18(14-29)27-34(32,33)12-6-9-16-7-3-2-4-8-16/h2-4,7-8,13,15,17-18,27,29H,5-6,9-12,14H2,1H3,(H,25,31)(H,26,30)(H4,22,23,24)/t15-,17-,18+/m0/s1. The van der Waals surface area contributed by atoms with Gasteiger partial charge in [0.25, 0.3) is 0 Å². The number of nitrogens with two attached hydrogens (primary N) is 2. The Morgan fingerprint density at radius 2 is 1.79 bits per heavy atom. The summed E-state index contributed by atoms with van der Waals surface area (Å²) in [4.78, 5) is 39.7. The third-order valence-electron chi connectivity index (χ3n) is 4.75. The quantitative estimate of drug-likeness (QED) is 0.0658. The van der Waals surface area contributed by atoms with Crippen LogP contribution in [0.1, 0.15) is 31.7 Å². The first-order valence-electron chi connectivity index (χ1n) is 10.8. The molecule has 0 spiro atoms. The Hall–Kier alpha value is -3.03. The van der Waals surface area contributed by atoms with Crippen molar-refractivity contribution in [3.63, 3.8) is 0 Å². The molecule has 0 unspecified atom stereocenters. The van der Waals surface area contributed by atoms with Gasteiger partial charge in [-0.25, -0.2) is 13.1 Å². The minimum Gasteiger partial charge on any atom is -0.394 e. The summed E-state index contributed by atoms with van der Waals surface area (Å²) >= 11 is 0. The number of hydrogen-bond donors (Lipinski definition) is 6. The van der Waals surface area contributed by atoms with Gasteiger partial charge in [-0.05, 0) is 38.2 Å². The molecule has 190 valence electrons. The van der Waals surface area contributed by atoms with Gasteiger partial charge in [0.2, 0.25) is 21.8 Å². The number of carbonyl (C=O) groups is 3. The molecular weight excluding hydrogens is 464 g/mol. The predicted octanol–water partition coefficient (Wildman–Crippen LogP) is -1.86. The van der Waals surface area contributed by atoms with Crippen molar-refractivity contribution in [2.75, 3.05) is 18.9 Å². The summed E-state index contributed by atoms with van der Waals surface area (Å²) in [6.45, 7) is 0.871. The second-order valence-corrected chi connectivity index (χ2v) is 9.56. The van der Waals surface area contributed by atoms with Crippen molar-refractivity contribution < 1.29 is 27.9 Å². The number of carbonyl (C=O) groups excluding carboxylic acids is 3. The highest BCUT2D eigenvalue weighted by atomic mass is 32.2. The van der Waals surface area contributed by atoms with Gasteiger partial charge < -0.3 is 32.0 Å². The Balaban J connectivity index is 2.52. The summed E-state index contributed by atoms with van der Waals surface area (Å²) in [5.41, 5.74) is 11.4. The van der Waals surface area contributed by atoms with E-state index in [1.165, 1.54) is 6.92 Å². The van der Waals surface area contributed by atoms with Gasteiger partial charge in [0, 0.05) is 6.54 Å². The smallest absolute Gasteiger partial charge is 0.242 e. The average molecular weight is 499 g/mol. The molecule has 0 radical (unpaired) electrons. The molecule has 0 aliphatic carbocycles. The fourth-order valence-electron chi connectivity index (χ4n) is 2.94. The predicted molar refractivity (Wildman–Crippen MR) is 128 cm³/mol. The molecule has 3 atom stereocenters. The molecule has 0 aliphatic heterocycles. The molecule has 2 amide bonds. The van der Waals surface area contributed by atoms with Crippen LogP contribution in [0.15, 0.2) is 35.3 Å². The molecule has 0 aromatic heterocycles. The van der Waals surface area contributed by atoms with Gasteiger partial charge in [-0.2, -0.15) is 0 Å². The molecule has 0 saturated heterocycles. The Morgan fingerprint density at radius 1 is 1.12 bits per heavy atom. The lowest BCUT2D eigenvalue weighted by molar-refractivity contribution is -0.130. The molecule has 0 bridgehead atoms. The van der Waals surface area contributed by atoms with Crippen LogP contribution in [-0.2, 0) is 30.8 Å². The number of rotatable bonds is 16. The minimum atomic E-state index is -3.85. The number of guanidine groups is 1. The van der Waals surface area contributed by atoms with E-state index < -0.39 is 46.6 Å². The highest BCUT2D eigenvalue weighted by molar-refractivity contribution is 7.89. The van der Waals surface area contributed by atoms with Crippen molar-refractivity contribution in [1.82, 2.24) is 15.4 Å². The van der Waals surface area contributed by atoms with Crippen molar-refractivity contribution in [2.24, 2.45) is 16.5 Å². The highest BCUT2D eigenvalue weighted by Gasteiger charge is 2.27. The molecule has 1 aromatic carbocycles. The summed E-state index contributed by atoms with van der Waals surface area (Å²) in [6, 6.07) is 6.00.